The molecular weight excluding hydrogens is 354 g/mol. The van der Waals surface area contributed by atoms with Crippen LogP contribution in [0.1, 0.15) is 36.5 Å². The zero-order valence-electron chi connectivity index (χ0n) is 13.9. The lowest BCUT2D eigenvalue weighted by molar-refractivity contribution is -0.118. The Morgan fingerprint density at radius 2 is 1.91 bits per heavy atom. The van der Waals surface area contributed by atoms with E-state index in [-0.39, 0.29) is 12.5 Å². The van der Waals surface area contributed by atoms with E-state index in [1.54, 1.807) is 0 Å². The molecule has 2 aromatic carbocycles. The Balaban J connectivity index is 2.04. The first kappa shape index (κ1) is 17.5. The molecule has 0 spiro atoms. The highest BCUT2D eigenvalue weighted by Gasteiger charge is 2.11. The second-order valence-electron chi connectivity index (χ2n) is 5.99. The molecule has 0 radical (unpaired) electrons. The Morgan fingerprint density at radius 1 is 1.17 bits per heavy atom. The molecule has 0 aliphatic carbocycles. The van der Waals surface area contributed by atoms with Crippen molar-refractivity contribution in [1.29, 1.82) is 0 Å². The van der Waals surface area contributed by atoms with Gasteiger partial charge in [-0.2, -0.15) is 0 Å². The third kappa shape index (κ3) is 4.83. The summed E-state index contributed by atoms with van der Waals surface area (Å²) in [4.78, 5) is 12.2. The Kier molecular flexibility index (Phi) is 5.83. The molecule has 2 aromatic rings. The molecule has 0 saturated heterocycles. The highest BCUT2D eigenvalue weighted by atomic mass is 79.9. The molecule has 122 valence electrons. The lowest BCUT2D eigenvalue weighted by atomic mass is 10.0. The largest absolute Gasteiger partial charge is 0.483 e. The number of hydrogen-bond acceptors (Lipinski definition) is 2. The average molecular weight is 376 g/mol. The molecule has 0 unspecified atom stereocenters. The third-order valence-corrected chi connectivity index (χ3v) is 4.11. The summed E-state index contributed by atoms with van der Waals surface area (Å²) >= 11 is 3.47. The molecule has 0 aliphatic heterocycles. The fourth-order valence-electron chi connectivity index (χ4n) is 2.30. The van der Waals surface area contributed by atoms with Crippen molar-refractivity contribution in [1.82, 2.24) is 0 Å². The summed E-state index contributed by atoms with van der Waals surface area (Å²) in [6.07, 6.45) is 0. The summed E-state index contributed by atoms with van der Waals surface area (Å²) in [6.45, 7) is 8.17. The zero-order valence-corrected chi connectivity index (χ0v) is 15.5. The van der Waals surface area contributed by atoms with E-state index in [1.807, 2.05) is 50.2 Å². The summed E-state index contributed by atoms with van der Waals surface area (Å²) < 4.78 is 6.73. The lowest BCUT2D eigenvalue weighted by Gasteiger charge is -2.15. The number of anilines is 1. The Hall–Kier alpha value is -1.81. The van der Waals surface area contributed by atoms with Gasteiger partial charge in [-0.3, -0.25) is 4.79 Å². The minimum atomic E-state index is -0.156. The van der Waals surface area contributed by atoms with E-state index >= 15 is 0 Å². The second kappa shape index (κ2) is 7.64. The lowest BCUT2D eigenvalue weighted by Crippen LogP contribution is -2.21. The molecule has 2 rings (SSSR count). The Labute approximate surface area is 146 Å². The van der Waals surface area contributed by atoms with Crippen molar-refractivity contribution in [2.24, 2.45) is 0 Å². The highest BCUT2D eigenvalue weighted by molar-refractivity contribution is 9.10. The van der Waals surface area contributed by atoms with Gasteiger partial charge in [0.15, 0.2) is 6.61 Å². The number of carbonyl (C=O) groups excluding carboxylic acids is 1. The summed E-state index contributed by atoms with van der Waals surface area (Å²) in [5.41, 5.74) is 4.06. The minimum Gasteiger partial charge on any atom is -0.483 e. The molecule has 0 bridgehead atoms. The predicted molar refractivity (Wildman–Crippen MR) is 98.3 cm³/mol. The van der Waals surface area contributed by atoms with Gasteiger partial charge in [0.05, 0.1) is 0 Å². The van der Waals surface area contributed by atoms with E-state index in [2.05, 4.69) is 35.1 Å². The molecule has 0 aromatic heterocycles. The first-order valence-electron chi connectivity index (χ1n) is 7.66. The topological polar surface area (TPSA) is 38.3 Å². The van der Waals surface area contributed by atoms with Gasteiger partial charge in [-0.15, -0.1) is 0 Å². The van der Waals surface area contributed by atoms with Crippen LogP contribution >= 0.6 is 15.9 Å². The van der Waals surface area contributed by atoms with Crippen LogP contribution in [0.15, 0.2) is 40.9 Å². The number of benzene rings is 2. The Morgan fingerprint density at radius 3 is 2.61 bits per heavy atom. The summed E-state index contributed by atoms with van der Waals surface area (Å²) in [6, 6.07) is 11.8. The van der Waals surface area contributed by atoms with Gasteiger partial charge in [0.25, 0.3) is 5.91 Å². The van der Waals surface area contributed by atoms with Gasteiger partial charge in [0.2, 0.25) is 0 Å². The molecule has 23 heavy (non-hydrogen) atoms. The van der Waals surface area contributed by atoms with Crippen molar-refractivity contribution in [3.8, 4) is 5.75 Å². The van der Waals surface area contributed by atoms with Crippen LogP contribution in [0.2, 0.25) is 0 Å². The standard InChI is InChI=1S/C19H22BrNO2/c1-12(2)16-10-15(20)7-8-18(16)23-11-19(22)21-17-9-13(3)5-6-14(17)4/h5-10,12H,11H2,1-4H3,(H,21,22). The number of aryl methyl sites for hydroxylation is 2. The molecule has 1 amide bonds. The van der Waals surface area contributed by atoms with E-state index in [9.17, 15) is 4.79 Å². The fourth-order valence-corrected chi connectivity index (χ4v) is 2.68. The van der Waals surface area contributed by atoms with Crippen molar-refractivity contribution in [3.63, 3.8) is 0 Å². The van der Waals surface area contributed by atoms with Crippen LogP contribution in [-0.2, 0) is 4.79 Å². The van der Waals surface area contributed by atoms with Gasteiger partial charge in [-0.25, -0.2) is 0 Å². The first-order valence-corrected chi connectivity index (χ1v) is 8.45. The van der Waals surface area contributed by atoms with Crippen molar-refractivity contribution >= 4 is 27.5 Å². The average Bonchev–Trinajstić information content (AvgIpc) is 2.49. The van der Waals surface area contributed by atoms with Crippen LogP contribution in [0.5, 0.6) is 5.75 Å². The number of amides is 1. The van der Waals surface area contributed by atoms with E-state index < -0.39 is 0 Å². The molecule has 0 fully saturated rings. The van der Waals surface area contributed by atoms with Gasteiger partial charge in [-0.1, -0.05) is 41.9 Å². The molecule has 1 N–H and O–H groups in total. The first-order chi connectivity index (χ1) is 10.9. The molecule has 0 saturated carbocycles. The molecule has 4 heteroatoms. The van der Waals surface area contributed by atoms with Crippen LogP contribution in [0.25, 0.3) is 0 Å². The van der Waals surface area contributed by atoms with Crippen molar-refractivity contribution in [3.05, 3.63) is 57.6 Å². The minimum absolute atomic E-state index is 0.00522. The monoisotopic (exact) mass is 375 g/mol. The molecule has 3 nitrogen and oxygen atoms in total. The maximum Gasteiger partial charge on any atom is 0.262 e. The second-order valence-corrected chi connectivity index (χ2v) is 6.91. The molecule has 0 atom stereocenters. The van der Waals surface area contributed by atoms with Crippen LogP contribution < -0.4 is 10.1 Å². The number of hydrogen-bond donors (Lipinski definition) is 1. The maximum absolute atomic E-state index is 12.2. The number of rotatable bonds is 5. The van der Waals surface area contributed by atoms with Gasteiger partial charge in [-0.05, 0) is 60.7 Å². The maximum atomic E-state index is 12.2. The summed E-state index contributed by atoms with van der Waals surface area (Å²) in [5.74, 6) is 0.917. The van der Waals surface area contributed by atoms with Gasteiger partial charge < -0.3 is 10.1 Å². The predicted octanol–water partition coefficient (Wildman–Crippen LogP) is 5.21. The van der Waals surface area contributed by atoms with Gasteiger partial charge >= 0.3 is 0 Å². The van der Waals surface area contributed by atoms with Crippen molar-refractivity contribution in [2.75, 3.05) is 11.9 Å². The zero-order chi connectivity index (χ0) is 17.0. The smallest absolute Gasteiger partial charge is 0.262 e. The van der Waals surface area contributed by atoms with Gasteiger partial charge in [0, 0.05) is 10.2 Å². The third-order valence-electron chi connectivity index (χ3n) is 3.62. The van der Waals surface area contributed by atoms with Crippen LogP contribution in [-0.4, -0.2) is 12.5 Å². The van der Waals surface area contributed by atoms with Crippen molar-refractivity contribution < 1.29 is 9.53 Å². The van der Waals surface area contributed by atoms with E-state index in [0.717, 1.165) is 32.6 Å². The van der Waals surface area contributed by atoms with E-state index in [4.69, 9.17) is 4.74 Å². The van der Waals surface area contributed by atoms with Gasteiger partial charge in [0.1, 0.15) is 5.75 Å². The summed E-state index contributed by atoms with van der Waals surface area (Å²) in [5, 5.41) is 2.91. The van der Waals surface area contributed by atoms with Crippen LogP contribution in [0, 0.1) is 13.8 Å². The number of nitrogens with one attached hydrogen (secondary N) is 1. The highest BCUT2D eigenvalue weighted by Crippen LogP contribution is 2.29. The Bertz CT molecular complexity index is 711. The fraction of sp³-hybridized carbons (Fsp3) is 0.316. The van der Waals surface area contributed by atoms with Crippen LogP contribution in [0.4, 0.5) is 5.69 Å². The SMILES string of the molecule is Cc1ccc(C)c(NC(=O)COc2ccc(Br)cc2C(C)C)c1. The number of carbonyl (C=O) groups is 1. The molecule has 0 aliphatic rings. The molecule has 0 heterocycles. The summed E-state index contributed by atoms with van der Waals surface area (Å²) in [7, 11) is 0. The van der Waals surface area contributed by atoms with E-state index in [1.165, 1.54) is 0 Å². The molecular formula is C19H22BrNO2. The van der Waals surface area contributed by atoms with Crippen molar-refractivity contribution in [2.45, 2.75) is 33.6 Å². The normalized spacial score (nSPS) is 10.7. The quantitative estimate of drug-likeness (QED) is 0.778. The number of ether oxygens (including phenoxy) is 1. The van der Waals surface area contributed by atoms with Crippen LogP contribution in [0.3, 0.4) is 0 Å². The number of halogens is 1. The van der Waals surface area contributed by atoms with E-state index in [0.29, 0.717) is 5.92 Å².